The van der Waals surface area contributed by atoms with Gasteiger partial charge in [-0.3, -0.25) is 4.79 Å². The molecule has 0 spiro atoms. The molecule has 3 aliphatic rings. The Balaban J connectivity index is 2.01. The zero-order valence-electron chi connectivity index (χ0n) is 13.2. The number of hydrogen-bond donors (Lipinski definition) is 0. The fourth-order valence-corrected chi connectivity index (χ4v) is 3.25. The molecule has 3 fully saturated rings. The molecule has 2 bridgehead atoms. The van der Waals surface area contributed by atoms with Crippen LogP contribution < -0.4 is 14.2 Å². The number of methoxy groups -OCH3 is 3. The first-order valence-electron chi connectivity index (χ1n) is 7.48. The Kier molecular flexibility index (Phi) is 3.96. The van der Waals surface area contributed by atoms with Crippen LogP contribution in [0.15, 0.2) is 17.8 Å². The highest BCUT2D eigenvalue weighted by molar-refractivity contribution is 6.02. The first-order valence-corrected chi connectivity index (χ1v) is 7.48. The number of carbonyl (C=O) groups excluding carboxylic acids is 1. The molecule has 0 amide bonds. The Morgan fingerprint density at radius 1 is 1.05 bits per heavy atom. The molecule has 0 radical (unpaired) electrons. The minimum absolute atomic E-state index is 0.193. The first-order chi connectivity index (χ1) is 10.7. The number of allylic oxidation sites excluding steroid dienone is 1. The van der Waals surface area contributed by atoms with E-state index in [1.165, 1.54) is 0 Å². The summed E-state index contributed by atoms with van der Waals surface area (Å²) < 4.78 is 16.1. The molecule has 1 aromatic carbocycles. The van der Waals surface area contributed by atoms with Gasteiger partial charge in [0.25, 0.3) is 0 Å². The lowest BCUT2D eigenvalue weighted by atomic mass is 9.84. The van der Waals surface area contributed by atoms with Crippen molar-refractivity contribution in [2.75, 3.05) is 34.4 Å². The minimum atomic E-state index is 0.193. The maximum absolute atomic E-state index is 12.4. The van der Waals surface area contributed by atoms with E-state index in [4.69, 9.17) is 14.2 Å². The molecule has 3 saturated heterocycles. The fourth-order valence-electron chi connectivity index (χ4n) is 3.25. The number of ether oxygens (including phenoxy) is 3. The topological polar surface area (TPSA) is 48.0 Å². The molecule has 5 nitrogen and oxygen atoms in total. The zero-order chi connectivity index (χ0) is 15.7. The molecule has 0 aromatic heterocycles. The molecule has 0 saturated carbocycles. The van der Waals surface area contributed by atoms with Crippen molar-refractivity contribution in [2.45, 2.75) is 12.8 Å². The number of hydrogen-bond acceptors (Lipinski definition) is 5. The van der Waals surface area contributed by atoms with E-state index >= 15 is 0 Å². The molecule has 5 heteroatoms. The van der Waals surface area contributed by atoms with Crippen molar-refractivity contribution in [2.24, 2.45) is 5.92 Å². The summed E-state index contributed by atoms with van der Waals surface area (Å²) in [4.78, 5) is 14.6. The summed E-state index contributed by atoms with van der Waals surface area (Å²) in [6.45, 7) is 1.93. The number of benzene rings is 1. The van der Waals surface area contributed by atoms with Gasteiger partial charge in [-0.2, -0.15) is 0 Å². The largest absolute Gasteiger partial charge is 0.493 e. The minimum Gasteiger partial charge on any atom is -0.493 e. The van der Waals surface area contributed by atoms with Gasteiger partial charge in [-0.25, -0.2) is 0 Å². The van der Waals surface area contributed by atoms with Gasteiger partial charge in [-0.1, -0.05) is 0 Å². The monoisotopic (exact) mass is 303 g/mol. The van der Waals surface area contributed by atoms with Crippen molar-refractivity contribution in [3.8, 4) is 17.2 Å². The highest BCUT2D eigenvalue weighted by Crippen LogP contribution is 2.39. The third-order valence-corrected chi connectivity index (χ3v) is 4.45. The van der Waals surface area contributed by atoms with Crippen LogP contribution in [0.1, 0.15) is 18.4 Å². The van der Waals surface area contributed by atoms with Crippen molar-refractivity contribution in [3.63, 3.8) is 0 Å². The smallest absolute Gasteiger partial charge is 0.203 e. The Bertz CT molecular complexity index is 590. The first kappa shape index (κ1) is 14.8. The molecule has 3 aliphatic heterocycles. The van der Waals surface area contributed by atoms with E-state index in [0.29, 0.717) is 17.2 Å². The van der Waals surface area contributed by atoms with E-state index in [9.17, 15) is 4.79 Å². The summed E-state index contributed by atoms with van der Waals surface area (Å²) in [5, 5.41) is 0. The molecular weight excluding hydrogens is 282 g/mol. The number of carbonyl (C=O) groups is 1. The van der Waals surface area contributed by atoms with Crippen molar-refractivity contribution < 1.29 is 19.0 Å². The molecule has 0 atom stereocenters. The second-order valence-electron chi connectivity index (χ2n) is 5.61. The number of Topliss-reactive ketones (excluding diaryl/α,β-unsaturated/α-hetero) is 1. The lowest BCUT2D eigenvalue weighted by Crippen LogP contribution is -2.45. The van der Waals surface area contributed by atoms with Crippen molar-refractivity contribution in [1.82, 2.24) is 4.90 Å². The van der Waals surface area contributed by atoms with E-state index in [1.807, 2.05) is 18.2 Å². The normalized spacial score (nSPS) is 19.7. The van der Waals surface area contributed by atoms with Crippen LogP contribution in [-0.2, 0) is 4.79 Å². The van der Waals surface area contributed by atoms with Gasteiger partial charge in [-0.15, -0.1) is 0 Å². The van der Waals surface area contributed by atoms with Crippen LogP contribution in [0.3, 0.4) is 0 Å². The van der Waals surface area contributed by atoms with Crippen LogP contribution in [0.2, 0.25) is 0 Å². The molecule has 0 N–H and O–H groups in total. The van der Waals surface area contributed by atoms with E-state index in [0.717, 1.165) is 37.2 Å². The second-order valence-corrected chi connectivity index (χ2v) is 5.61. The number of piperidine rings is 3. The van der Waals surface area contributed by atoms with Gasteiger partial charge in [0.1, 0.15) is 0 Å². The average Bonchev–Trinajstić information content (AvgIpc) is 2.57. The molecule has 22 heavy (non-hydrogen) atoms. The summed E-state index contributed by atoms with van der Waals surface area (Å²) in [5.74, 6) is 2.20. The van der Waals surface area contributed by atoms with Gasteiger partial charge in [0, 0.05) is 19.0 Å². The van der Waals surface area contributed by atoms with E-state index in [2.05, 4.69) is 4.90 Å². The molecule has 0 aliphatic carbocycles. The third-order valence-electron chi connectivity index (χ3n) is 4.45. The lowest BCUT2D eigenvalue weighted by molar-refractivity contribution is -0.125. The van der Waals surface area contributed by atoms with Gasteiger partial charge in [0.05, 0.1) is 27.0 Å². The van der Waals surface area contributed by atoms with Gasteiger partial charge >= 0.3 is 0 Å². The second kappa shape index (κ2) is 5.91. The lowest BCUT2D eigenvalue weighted by Gasteiger charge is -2.41. The van der Waals surface area contributed by atoms with Crippen LogP contribution in [-0.4, -0.2) is 45.1 Å². The molecule has 118 valence electrons. The number of fused-ring (bicyclic) bond motifs is 3. The fraction of sp³-hybridized carbons (Fsp3) is 0.471. The van der Waals surface area contributed by atoms with Crippen molar-refractivity contribution >= 4 is 11.9 Å². The Morgan fingerprint density at radius 3 is 2.09 bits per heavy atom. The van der Waals surface area contributed by atoms with Crippen LogP contribution in [0.25, 0.3) is 6.08 Å². The van der Waals surface area contributed by atoms with Gasteiger partial charge in [-0.05, 0) is 36.6 Å². The van der Waals surface area contributed by atoms with Crippen molar-refractivity contribution in [3.05, 3.63) is 23.4 Å². The number of rotatable bonds is 4. The summed E-state index contributed by atoms with van der Waals surface area (Å²) >= 11 is 0. The van der Waals surface area contributed by atoms with Crippen LogP contribution in [0.4, 0.5) is 0 Å². The van der Waals surface area contributed by atoms with Crippen LogP contribution >= 0.6 is 0 Å². The summed E-state index contributed by atoms with van der Waals surface area (Å²) in [6, 6.07) is 3.73. The standard InChI is InChI=1S/C17H21NO4/c1-20-14-9-11(10-15(21-2)17(14)22-3)8-13-16(19)12-4-6-18(13)7-5-12/h8-10,12H,4-7H2,1-3H3. The third kappa shape index (κ3) is 2.40. The maximum atomic E-state index is 12.4. The zero-order valence-corrected chi connectivity index (χ0v) is 13.2. The molecule has 4 rings (SSSR count). The summed E-state index contributed by atoms with van der Waals surface area (Å²) in [5.41, 5.74) is 1.68. The SMILES string of the molecule is COc1cc(C=C2C(=O)C3CCN2CC3)cc(OC)c1OC. The van der Waals surface area contributed by atoms with Gasteiger partial charge in [0.2, 0.25) is 5.75 Å². The van der Waals surface area contributed by atoms with Crippen LogP contribution in [0, 0.1) is 5.92 Å². The Morgan fingerprint density at radius 2 is 1.64 bits per heavy atom. The predicted octanol–water partition coefficient (Wildman–Crippen LogP) is 2.35. The number of nitrogens with zero attached hydrogens (tertiary/aromatic N) is 1. The highest BCUT2D eigenvalue weighted by atomic mass is 16.5. The van der Waals surface area contributed by atoms with E-state index in [-0.39, 0.29) is 11.7 Å². The Labute approximate surface area is 130 Å². The highest BCUT2D eigenvalue weighted by Gasteiger charge is 2.36. The van der Waals surface area contributed by atoms with E-state index in [1.54, 1.807) is 21.3 Å². The van der Waals surface area contributed by atoms with Gasteiger partial charge < -0.3 is 19.1 Å². The van der Waals surface area contributed by atoms with E-state index < -0.39 is 0 Å². The molecule has 0 unspecified atom stereocenters. The maximum Gasteiger partial charge on any atom is 0.203 e. The number of ketones is 1. The summed E-state index contributed by atoms with van der Waals surface area (Å²) in [7, 11) is 4.75. The molecular formula is C17H21NO4. The van der Waals surface area contributed by atoms with Crippen molar-refractivity contribution in [1.29, 1.82) is 0 Å². The Hall–Kier alpha value is -2.17. The summed E-state index contributed by atoms with van der Waals surface area (Å²) in [6.07, 6.45) is 3.88. The average molecular weight is 303 g/mol. The van der Waals surface area contributed by atoms with Crippen LogP contribution in [0.5, 0.6) is 17.2 Å². The predicted molar refractivity (Wildman–Crippen MR) is 83.4 cm³/mol. The quantitative estimate of drug-likeness (QED) is 0.799. The van der Waals surface area contributed by atoms with Gasteiger partial charge in [0.15, 0.2) is 17.3 Å². The molecule has 1 aromatic rings. The molecule has 3 heterocycles.